The molecular weight excluding hydrogens is 304 g/mol. The van der Waals surface area contributed by atoms with Crippen LogP contribution >= 0.6 is 0 Å². The second kappa shape index (κ2) is 8.15. The Bertz CT molecular complexity index is 407. The zero-order chi connectivity index (χ0) is 17.8. The number of carbonyl (C=O) groups excluding carboxylic acids is 1. The molecule has 2 atom stereocenters. The van der Waals surface area contributed by atoms with Crippen LogP contribution in [0.4, 0.5) is 0 Å². The highest BCUT2D eigenvalue weighted by Gasteiger charge is 2.45. The third-order valence-corrected chi connectivity index (χ3v) is 5.56. The average Bonchev–Trinajstić information content (AvgIpc) is 2.96. The Balaban J connectivity index is 1.93. The maximum Gasteiger partial charge on any atom is 0.222 e. The minimum atomic E-state index is -0.569. The van der Waals surface area contributed by atoms with Crippen molar-refractivity contribution in [3.8, 4) is 0 Å². The molecule has 1 saturated carbocycles. The van der Waals surface area contributed by atoms with Crippen molar-refractivity contribution in [2.75, 3.05) is 26.3 Å². The number of hydrogen-bond acceptors (Lipinski definition) is 4. The highest BCUT2D eigenvalue weighted by atomic mass is 16.5. The van der Waals surface area contributed by atoms with E-state index in [4.69, 9.17) is 4.74 Å². The smallest absolute Gasteiger partial charge is 0.222 e. The molecule has 24 heavy (non-hydrogen) atoms. The third-order valence-electron chi connectivity index (χ3n) is 5.56. The van der Waals surface area contributed by atoms with Gasteiger partial charge in [-0.3, -0.25) is 9.69 Å². The van der Waals surface area contributed by atoms with Gasteiger partial charge in [0.05, 0.1) is 25.7 Å². The van der Waals surface area contributed by atoms with E-state index in [9.17, 15) is 9.90 Å². The Morgan fingerprint density at radius 3 is 2.38 bits per heavy atom. The first-order valence-electron chi connectivity index (χ1n) is 9.53. The fraction of sp³-hybridized carbons (Fsp3) is 0.947. The van der Waals surface area contributed by atoms with Crippen LogP contribution in [-0.2, 0) is 9.53 Å². The molecule has 0 unspecified atom stereocenters. The van der Waals surface area contributed by atoms with E-state index >= 15 is 0 Å². The second-order valence-corrected chi connectivity index (χ2v) is 8.82. The number of aliphatic hydroxyl groups excluding tert-OH is 1. The molecular formula is C19H36N2O3. The fourth-order valence-electron chi connectivity index (χ4n) is 4.45. The molecule has 2 rings (SSSR count). The van der Waals surface area contributed by atoms with Crippen LogP contribution in [0.3, 0.4) is 0 Å². The van der Waals surface area contributed by atoms with Crippen molar-refractivity contribution in [2.45, 2.75) is 83.9 Å². The standard InChI is InChI=1S/C19H36N2O3/c1-15(20-17(23)13-16(22)14-18(2,3)4)19(7-5-6-8-19)21-9-11-24-12-10-21/h15-16,22H,5-14H2,1-4H3,(H,20,23)/t15-,16-/m0/s1. The van der Waals surface area contributed by atoms with Gasteiger partial charge in [0.1, 0.15) is 0 Å². The maximum absolute atomic E-state index is 12.4. The molecule has 0 aromatic carbocycles. The van der Waals surface area contributed by atoms with Crippen LogP contribution < -0.4 is 5.32 Å². The molecule has 1 saturated heterocycles. The Morgan fingerprint density at radius 2 is 1.83 bits per heavy atom. The quantitative estimate of drug-likeness (QED) is 0.779. The second-order valence-electron chi connectivity index (χ2n) is 8.82. The highest BCUT2D eigenvalue weighted by molar-refractivity contribution is 5.76. The summed E-state index contributed by atoms with van der Waals surface area (Å²) in [5, 5.41) is 13.4. The summed E-state index contributed by atoms with van der Waals surface area (Å²) in [5.74, 6) is -0.0289. The summed E-state index contributed by atoms with van der Waals surface area (Å²) in [6, 6.07) is 0.104. The first-order chi connectivity index (χ1) is 11.2. The zero-order valence-electron chi connectivity index (χ0n) is 15.9. The van der Waals surface area contributed by atoms with Gasteiger partial charge in [-0.15, -0.1) is 0 Å². The van der Waals surface area contributed by atoms with E-state index in [-0.39, 0.29) is 29.3 Å². The van der Waals surface area contributed by atoms with Crippen molar-refractivity contribution in [3.05, 3.63) is 0 Å². The van der Waals surface area contributed by atoms with E-state index in [1.807, 2.05) is 0 Å². The molecule has 0 bridgehead atoms. The predicted molar refractivity (Wildman–Crippen MR) is 95.9 cm³/mol. The molecule has 2 aliphatic rings. The Kier molecular flexibility index (Phi) is 6.68. The fourth-order valence-corrected chi connectivity index (χ4v) is 4.45. The van der Waals surface area contributed by atoms with Gasteiger partial charge in [-0.05, 0) is 31.6 Å². The number of ether oxygens (including phenoxy) is 1. The van der Waals surface area contributed by atoms with E-state index in [2.05, 4.69) is 37.9 Å². The highest BCUT2D eigenvalue weighted by Crippen LogP contribution is 2.38. The van der Waals surface area contributed by atoms with Crippen molar-refractivity contribution >= 4 is 5.91 Å². The number of aliphatic hydroxyl groups is 1. The minimum absolute atomic E-state index is 0.0289. The van der Waals surface area contributed by atoms with Crippen LogP contribution in [0.25, 0.3) is 0 Å². The molecule has 0 aromatic heterocycles. The summed E-state index contributed by atoms with van der Waals surface area (Å²) in [4.78, 5) is 14.9. The first-order valence-corrected chi connectivity index (χ1v) is 9.53. The van der Waals surface area contributed by atoms with Gasteiger partial charge in [0.25, 0.3) is 0 Å². The van der Waals surface area contributed by atoms with Crippen molar-refractivity contribution in [3.63, 3.8) is 0 Å². The summed E-state index contributed by atoms with van der Waals surface area (Å²) in [6.07, 6.45) is 5.00. The molecule has 2 N–H and O–H groups in total. The lowest BCUT2D eigenvalue weighted by atomic mass is 9.86. The Morgan fingerprint density at radius 1 is 1.25 bits per heavy atom. The van der Waals surface area contributed by atoms with Gasteiger partial charge in [-0.25, -0.2) is 0 Å². The zero-order valence-corrected chi connectivity index (χ0v) is 15.9. The molecule has 140 valence electrons. The van der Waals surface area contributed by atoms with Crippen LogP contribution in [0.5, 0.6) is 0 Å². The number of rotatable bonds is 6. The lowest BCUT2D eigenvalue weighted by molar-refractivity contribution is -0.125. The van der Waals surface area contributed by atoms with Crippen molar-refractivity contribution < 1.29 is 14.6 Å². The van der Waals surface area contributed by atoms with Gasteiger partial charge >= 0.3 is 0 Å². The molecule has 1 aliphatic heterocycles. The summed E-state index contributed by atoms with van der Waals surface area (Å²) in [6.45, 7) is 11.9. The largest absolute Gasteiger partial charge is 0.393 e. The molecule has 0 radical (unpaired) electrons. The van der Waals surface area contributed by atoms with Gasteiger partial charge < -0.3 is 15.2 Å². The molecule has 1 aliphatic carbocycles. The number of morpholine rings is 1. The molecule has 1 amide bonds. The van der Waals surface area contributed by atoms with Crippen LogP contribution in [0.1, 0.15) is 66.2 Å². The normalized spacial score (nSPS) is 24.5. The average molecular weight is 341 g/mol. The van der Waals surface area contributed by atoms with E-state index in [1.165, 1.54) is 12.8 Å². The molecule has 5 heteroatoms. The number of carbonyl (C=O) groups is 1. The Labute approximate surface area is 147 Å². The molecule has 1 heterocycles. The van der Waals surface area contributed by atoms with E-state index in [1.54, 1.807) is 0 Å². The van der Waals surface area contributed by atoms with Crippen LogP contribution in [0.15, 0.2) is 0 Å². The SMILES string of the molecule is C[C@H](NC(=O)C[C@H](O)CC(C)(C)C)C1(N2CCOCC2)CCCC1. The number of nitrogens with one attached hydrogen (secondary N) is 1. The van der Waals surface area contributed by atoms with E-state index < -0.39 is 6.10 Å². The topological polar surface area (TPSA) is 61.8 Å². The van der Waals surface area contributed by atoms with Crippen LogP contribution in [0, 0.1) is 5.41 Å². The summed E-state index contributed by atoms with van der Waals surface area (Å²) in [7, 11) is 0. The number of hydrogen-bond donors (Lipinski definition) is 2. The van der Waals surface area contributed by atoms with Crippen LogP contribution in [-0.4, -0.2) is 59.9 Å². The van der Waals surface area contributed by atoms with Crippen molar-refractivity contribution in [2.24, 2.45) is 5.41 Å². The minimum Gasteiger partial charge on any atom is -0.393 e. The van der Waals surface area contributed by atoms with Gasteiger partial charge in [0, 0.05) is 24.7 Å². The lowest BCUT2D eigenvalue weighted by Crippen LogP contribution is -2.62. The summed E-state index contributed by atoms with van der Waals surface area (Å²) >= 11 is 0. The van der Waals surface area contributed by atoms with Gasteiger partial charge in [-0.1, -0.05) is 33.6 Å². The molecule has 0 aromatic rings. The van der Waals surface area contributed by atoms with E-state index in [0.717, 1.165) is 39.1 Å². The monoisotopic (exact) mass is 340 g/mol. The maximum atomic E-state index is 12.4. The summed E-state index contributed by atoms with van der Waals surface area (Å²) < 4.78 is 5.50. The van der Waals surface area contributed by atoms with Gasteiger partial charge in [-0.2, -0.15) is 0 Å². The number of nitrogens with zero attached hydrogens (tertiary/aromatic N) is 1. The van der Waals surface area contributed by atoms with Crippen molar-refractivity contribution in [1.29, 1.82) is 0 Å². The number of amides is 1. The van der Waals surface area contributed by atoms with Gasteiger partial charge in [0.2, 0.25) is 5.91 Å². The molecule has 0 spiro atoms. The first kappa shape index (κ1) is 19.7. The predicted octanol–water partition coefficient (Wildman–Crippen LogP) is 2.32. The third kappa shape index (κ3) is 5.17. The lowest BCUT2D eigenvalue weighted by Gasteiger charge is -2.47. The molecule has 2 fully saturated rings. The van der Waals surface area contributed by atoms with E-state index in [0.29, 0.717) is 6.42 Å². The molecule has 5 nitrogen and oxygen atoms in total. The van der Waals surface area contributed by atoms with Crippen molar-refractivity contribution in [1.82, 2.24) is 10.2 Å². The van der Waals surface area contributed by atoms with Crippen LogP contribution in [0.2, 0.25) is 0 Å². The Hall–Kier alpha value is -0.650. The summed E-state index contributed by atoms with van der Waals surface area (Å²) in [5.41, 5.74) is 0.0974. The van der Waals surface area contributed by atoms with Gasteiger partial charge in [0.15, 0.2) is 0 Å².